The zero-order valence-corrected chi connectivity index (χ0v) is 13.4. The molecule has 23 heavy (non-hydrogen) atoms. The van der Waals surface area contributed by atoms with E-state index in [1.165, 1.54) is 10.3 Å². The first kappa shape index (κ1) is 14.0. The number of pyridine rings is 1. The zero-order valence-electron chi connectivity index (χ0n) is 12.6. The molecule has 0 amide bonds. The maximum absolute atomic E-state index is 11.3. The molecular formula is C19H14N2OS. The lowest BCUT2D eigenvalue weighted by molar-refractivity contribution is 0.112. The van der Waals surface area contributed by atoms with Gasteiger partial charge in [0.25, 0.3) is 0 Å². The highest BCUT2D eigenvalue weighted by atomic mass is 32.2. The molecule has 4 rings (SSSR count). The topological polar surface area (TPSA) is 34.4 Å². The molecule has 0 aliphatic heterocycles. The van der Waals surface area contributed by atoms with E-state index in [1.807, 2.05) is 42.6 Å². The molecule has 0 aliphatic rings. The molecule has 0 N–H and O–H groups in total. The molecule has 0 aliphatic carbocycles. The summed E-state index contributed by atoms with van der Waals surface area (Å²) in [5.41, 5.74) is 4.35. The van der Waals surface area contributed by atoms with Gasteiger partial charge in [-0.2, -0.15) is 0 Å². The van der Waals surface area contributed by atoms with Crippen LogP contribution < -0.4 is 0 Å². The van der Waals surface area contributed by atoms with Crippen molar-refractivity contribution in [3.8, 4) is 11.3 Å². The van der Waals surface area contributed by atoms with Crippen molar-refractivity contribution in [2.24, 2.45) is 0 Å². The van der Waals surface area contributed by atoms with Crippen LogP contribution >= 0.6 is 11.8 Å². The summed E-state index contributed by atoms with van der Waals surface area (Å²) in [5.74, 6) is 0. The largest absolute Gasteiger partial charge is 0.299 e. The van der Waals surface area contributed by atoms with Gasteiger partial charge in [0.05, 0.1) is 11.2 Å². The van der Waals surface area contributed by atoms with Crippen molar-refractivity contribution in [3.05, 3.63) is 66.4 Å². The van der Waals surface area contributed by atoms with Crippen LogP contribution in [-0.2, 0) is 0 Å². The quantitative estimate of drug-likeness (QED) is 0.406. The fraction of sp³-hybridized carbons (Fsp3) is 0.0526. The van der Waals surface area contributed by atoms with Gasteiger partial charge < -0.3 is 0 Å². The van der Waals surface area contributed by atoms with E-state index in [1.54, 1.807) is 11.8 Å². The summed E-state index contributed by atoms with van der Waals surface area (Å²) in [6, 6.07) is 17.9. The molecule has 0 spiro atoms. The summed E-state index contributed by atoms with van der Waals surface area (Å²) >= 11 is 1.72. The molecule has 0 radical (unpaired) electrons. The number of imidazole rings is 1. The van der Waals surface area contributed by atoms with Crippen molar-refractivity contribution in [3.63, 3.8) is 0 Å². The van der Waals surface area contributed by atoms with E-state index in [9.17, 15) is 4.79 Å². The van der Waals surface area contributed by atoms with Crippen molar-refractivity contribution in [1.29, 1.82) is 0 Å². The Morgan fingerprint density at radius 3 is 2.70 bits per heavy atom. The third-order valence-electron chi connectivity index (χ3n) is 4.01. The van der Waals surface area contributed by atoms with E-state index < -0.39 is 0 Å². The molecule has 112 valence electrons. The second kappa shape index (κ2) is 5.56. The highest BCUT2D eigenvalue weighted by Gasteiger charge is 2.12. The number of nitrogens with zero attached hydrogens (tertiary/aromatic N) is 2. The minimum Gasteiger partial charge on any atom is -0.299 e. The highest BCUT2D eigenvalue weighted by molar-refractivity contribution is 7.98. The average molecular weight is 318 g/mol. The van der Waals surface area contributed by atoms with Gasteiger partial charge in [0, 0.05) is 27.6 Å². The Balaban J connectivity index is 2.05. The second-order valence-electron chi connectivity index (χ2n) is 5.29. The van der Waals surface area contributed by atoms with Crippen molar-refractivity contribution < 1.29 is 4.79 Å². The molecule has 0 bridgehead atoms. The van der Waals surface area contributed by atoms with Crippen LogP contribution in [0.4, 0.5) is 0 Å². The van der Waals surface area contributed by atoms with Gasteiger partial charge in [-0.05, 0) is 18.4 Å². The molecule has 2 aromatic carbocycles. The van der Waals surface area contributed by atoms with Crippen LogP contribution in [0, 0.1) is 0 Å². The van der Waals surface area contributed by atoms with E-state index in [2.05, 4.69) is 28.9 Å². The third kappa shape index (κ3) is 2.23. The molecule has 0 fully saturated rings. The highest BCUT2D eigenvalue weighted by Crippen LogP contribution is 2.30. The fourth-order valence-electron chi connectivity index (χ4n) is 2.91. The Labute approximate surface area is 138 Å². The molecule has 0 saturated carbocycles. The maximum atomic E-state index is 11.3. The number of rotatable bonds is 3. The Morgan fingerprint density at radius 2 is 1.87 bits per heavy atom. The minimum absolute atomic E-state index is 0.658. The lowest BCUT2D eigenvalue weighted by Gasteiger charge is -2.06. The Kier molecular flexibility index (Phi) is 3.39. The van der Waals surface area contributed by atoms with Gasteiger partial charge >= 0.3 is 0 Å². The lowest BCUT2D eigenvalue weighted by Crippen LogP contribution is -1.88. The number of carbonyl (C=O) groups is 1. The van der Waals surface area contributed by atoms with E-state index in [4.69, 9.17) is 4.98 Å². The lowest BCUT2D eigenvalue weighted by atomic mass is 10.1. The molecular weight excluding hydrogens is 304 g/mol. The number of para-hydroxylation sites is 1. The Hall–Kier alpha value is -2.59. The average Bonchev–Trinajstić information content (AvgIpc) is 3.05. The standard InChI is InChI=1S/C19H14N2OS/c1-23-18-10-19-20-16(14-7-3-2-6-13(14)12-22)11-21(19)17-9-5-4-8-15(17)18/h2-12H,1H3. The molecule has 0 saturated heterocycles. The van der Waals surface area contributed by atoms with Crippen molar-refractivity contribution in [2.45, 2.75) is 4.90 Å². The predicted octanol–water partition coefficient (Wildman–Crippen LogP) is 4.69. The van der Waals surface area contributed by atoms with Gasteiger partial charge in [0.15, 0.2) is 6.29 Å². The van der Waals surface area contributed by atoms with E-state index in [-0.39, 0.29) is 0 Å². The molecule has 0 unspecified atom stereocenters. The monoisotopic (exact) mass is 318 g/mol. The Morgan fingerprint density at radius 1 is 1.09 bits per heavy atom. The first-order valence-electron chi connectivity index (χ1n) is 7.31. The van der Waals surface area contributed by atoms with Gasteiger partial charge in [-0.3, -0.25) is 9.20 Å². The van der Waals surface area contributed by atoms with Gasteiger partial charge in [0.2, 0.25) is 0 Å². The summed E-state index contributed by atoms with van der Waals surface area (Å²) < 4.78 is 2.09. The normalized spacial score (nSPS) is 11.2. The van der Waals surface area contributed by atoms with Crippen molar-refractivity contribution in [1.82, 2.24) is 9.38 Å². The number of hydrogen-bond acceptors (Lipinski definition) is 3. The SMILES string of the molecule is CSc1cc2nc(-c3ccccc3C=O)cn2c2ccccc12. The summed E-state index contributed by atoms with van der Waals surface area (Å²) in [6.45, 7) is 0. The Bertz CT molecular complexity index is 1040. The van der Waals surface area contributed by atoms with Crippen LogP contribution in [0.3, 0.4) is 0 Å². The molecule has 3 nitrogen and oxygen atoms in total. The van der Waals surface area contributed by atoms with Gasteiger partial charge in [-0.1, -0.05) is 42.5 Å². The number of fused-ring (bicyclic) bond motifs is 3. The van der Waals surface area contributed by atoms with Crippen LogP contribution in [-0.4, -0.2) is 21.9 Å². The summed E-state index contributed by atoms with van der Waals surface area (Å²) in [7, 11) is 0. The number of thioether (sulfide) groups is 1. The van der Waals surface area contributed by atoms with Crippen LogP contribution in [0.15, 0.2) is 65.7 Å². The zero-order chi connectivity index (χ0) is 15.8. The number of carbonyl (C=O) groups excluding carboxylic acids is 1. The van der Waals surface area contributed by atoms with Crippen LogP contribution in [0.25, 0.3) is 27.8 Å². The molecule has 0 atom stereocenters. The van der Waals surface area contributed by atoms with Crippen LogP contribution in [0.5, 0.6) is 0 Å². The minimum atomic E-state index is 0.658. The van der Waals surface area contributed by atoms with Gasteiger partial charge in [-0.15, -0.1) is 11.8 Å². The van der Waals surface area contributed by atoms with Crippen molar-refractivity contribution >= 4 is 34.6 Å². The van der Waals surface area contributed by atoms with Gasteiger partial charge in [0.1, 0.15) is 5.65 Å². The van der Waals surface area contributed by atoms with Crippen LogP contribution in [0.1, 0.15) is 10.4 Å². The summed E-state index contributed by atoms with van der Waals surface area (Å²) in [6.07, 6.45) is 4.96. The second-order valence-corrected chi connectivity index (χ2v) is 6.14. The molecule has 2 aromatic heterocycles. The third-order valence-corrected chi connectivity index (χ3v) is 4.78. The predicted molar refractivity (Wildman–Crippen MR) is 95.3 cm³/mol. The number of aldehydes is 1. The molecule has 4 aromatic rings. The van der Waals surface area contributed by atoms with Crippen molar-refractivity contribution in [2.75, 3.05) is 6.26 Å². The fourth-order valence-corrected chi connectivity index (χ4v) is 3.52. The maximum Gasteiger partial charge on any atom is 0.150 e. The first-order chi connectivity index (χ1) is 11.3. The smallest absolute Gasteiger partial charge is 0.150 e. The van der Waals surface area contributed by atoms with E-state index >= 15 is 0 Å². The van der Waals surface area contributed by atoms with Gasteiger partial charge in [-0.25, -0.2) is 4.98 Å². The summed E-state index contributed by atoms with van der Waals surface area (Å²) in [4.78, 5) is 17.2. The van der Waals surface area contributed by atoms with Crippen LogP contribution in [0.2, 0.25) is 0 Å². The number of hydrogen-bond donors (Lipinski definition) is 0. The molecule has 2 heterocycles. The summed E-state index contributed by atoms with van der Waals surface area (Å²) in [5, 5.41) is 1.21. The first-order valence-corrected chi connectivity index (χ1v) is 8.53. The number of benzene rings is 2. The number of aromatic nitrogens is 2. The molecule has 4 heteroatoms. The van der Waals surface area contributed by atoms with E-state index in [0.717, 1.165) is 28.7 Å². The van der Waals surface area contributed by atoms with E-state index in [0.29, 0.717) is 5.56 Å².